The van der Waals surface area contributed by atoms with Crippen molar-refractivity contribution in [2.45, 2.75) is 46.9 Å². The Bertz CT molecular complexity index is 1290. The molecule has 0 fully saturated rings. The van der Waals surface area contributed by atoms with Gasteiger partial charge < -0.3 is 0 Å². The lowest BCUT2D eigenvalue weighted by Crippen LogP contribution is -2.12. The van der Waals surface area contributed by atoms with Gasteiger partial charge in [-0.25, -0.2) is 9.97 Å². The summed E-state index contributed by atoms with van der Waals surface area (Å²) in [6.07, 6.45) is 0. The van der Waals surface area contributed by atoms with E-state index in [0.29, 0.717) is 16.9 Å². The molecule has 4 rings (SSSR count). The van der Waals surface area contributed by atoms with Gasteiger partial charge in [0, 0.05) is 9.68 Å². The van der Waals surface area contributed by atoms with Gasteiger partial charge in [-0.05, 0) is 54.6 Å². The quantitative estimate of drug-likeness (QED) is 0.453. The van der Waals surface area contributed by atoms with Gasteiger partial charge in [0.1, 0.15) is 16.7 Å². The number of aromatic nitrogens is 4. The van der Waals surface area contributed by atoms with E-state index in [9.17, 15) is 0 Å². The van der Waals surface area contributed by atoms with Gasteiger partial charge in [0.2, 0.25) is 0 Å². The van der Waals surface area contributed by atoms with E-state index in [2.05, 4.69) is 65.2 Å². The van der Waals surface area contributed by atoms with Gasteiger partial charge in [0.25, 0.3) is 0 Å². The molecule has 2 heterocycles. The third-order valence-electron chi connectivity index (χ3n) is 4.95. The van der Waals surface area contributed by atoms with Crippen molar-refractivity contribution in [3.63, 3.8) is 0 Å². The van der Waals surface area contributed by atoms with E-state index in [-0.39, 0.29) is 16.6 Å². The van der Waals surface area contributed by atoms with E-state index in [1.807, 2.05) is 26.0 Å². The third kappa shape index (κ3) is 2.95. The molecule has 0 unspecified atom stereocenters. The van der Waals surface area contributed by atoms with Crippen LogP contribution in [-0.4, -0.2) is 20.2 Å². The Morgan fingerprint density at radius 1 is 0.852 bits per heavy atom. The fraction of sp³-hybridized carbons (Fsp3) is 0.304. The van der Waals surface area contributed by atoms with Crippen molar-refractivity contribution in [1.29, 1.82) is 0 Å². The lowest BCUT2D eigenvalue weighted by atomic mass is 9.82. The predicted octanol–water partition coefficient (Wildman–Crippen LogP) is 5.46. The zero-order valence-corrected chi connectivity index (χ0v) is 16.3. The second-order valence-corrected chi connectivity index (χ2v) is 7.98. The molecule has 0 saturated heterocycles. The summed E-state index contributed by atoms with van der Waals surface area (Å²) in [7, 11) is 0. The number of fused-ring (bicyclic) bond motifs is 2. The molecule has 4 heteroatoms. The van der Waals surface area contributed by atoms with Gasteiger partial charge >= 0.3 is 0 Å². The lowest BCUT2D eigenvalue weighted by Gasteiger charge is -2.22. The van der Waals surface area contributed by atoms with Crippen molar-refractivity contribution < 1.29 is 4.11 Å². The molecule has 0 saturated carbocycles. The largest absolute Gasteiger partial charge is 0.248 e. The van der Waals surface area contributed by atoms with Crippen LogP contribution in [-0.2, 0) is 5.41 Å². The van der Waals surface area contributed by atoms with Gasteiger partial charge in [0.05, 0.1) is 17.1 Å². The smallest absolute Gasteiger partial charge is 0.121 e. The van der Waals surface area contributed by atoms with E-state index in [4.69, 9.17) is 4.11 Å². The molecule has 0 aliphatic rings. The van der Waals surface area contributed by atoms with E-state index >= 15 is 0 Å². The Balaban J connectivity index is 2.10. The van der Waals surface area contributed by atoms with Crippen molar-refractivity contribution in [2.24, 2.45) is 0 Å². The van der Waals surface area contributed by atoms with Crippen LogP contribution in [0.1, 0.15) is 47.5 Å². The summed E-state index contributed by atoms with van der Waals surface area (Å²) in [4.78, 5) is 9.22. The molecule has 0 N–H and O–H groups in total. The summed E-state index contributed by atoms with van der Waals surface area (Å²) >= 11 is 0. The van der Waals surface area contributed by atoms with Crippen LogP contribution in [0.25, 0.3) is 33.1 Å². The average molecular weight is 359 g/mol. The Kier molecular flexibility index (Phi) is 3.20. The number of nitrogens with zero attached hydrogens (tertiary/aromatic N) is 4. The monoisotopic (exact) mass is 359 g/mol. The Labute approximate surface area is 163 Å². The zero-order chi connectivity index (χ0) is 21.8. The molecule has 0 aliphatic heterocycles. The number of hydrogen-bond donors (Lipinski definition) is 0. The van der Waals surface area contributed by atoms with Crippen LogP contribution >= 0.6 is 0 Å². The fourth-order valence-corrected chi connectivity index (χ4v) is 3.39. The van der Waals surface area contributed by atoms with Crippen molar-refractivity contribution in [1.82, 2.24) is 20.2 Å². The van der Waals surface area contributed by atoms with Gasteiger partial charge in [-0.1, -0.05) is 45.0 Å². The van der Waals surface area contributed by atoms with Crippen LogP contribution < -0.4 is 0 Å². The first kappa shape index (κ1) is 14.2. The number of benzene rings is 2. The van der Waals surface area contributed by atoms with Gasteiger partial charge in [-0.2, -0.15) is 5.10 Å². The van der Waals surface area contributed by atoms with Crippen molar-refractivity contribution >= 4 is 21.8 Å². The van der Waals surface area contributed by atoms with E-state index in [0.717, 1.165) is 16.6 Å². The molecule has 0 bridgehead atoms. The summed E-state index contributed by atoms with van der Waals surface area (Å²) in [5.41, 5.74) is 4.55. The van der Waals surface area contributed by atoms with E-state index < -0.39 is 6.85 Å². The fourth-order valence-electron chi connectivity index (χ4n) is 3.39. The molecule has 0 atom stereocenters. The zero-order valence-electron chi connectivity index (χ0n) is 19.3. The summed E-state index contributed by atoms with van der Waals surface area (Å²) < 4.78 is 23.5. The average Bonchev–Trinajstić information content (AvgIpc) is 2.65. The molecule has 4 nitrogen and oxygen atoms in total. The molecule has 136 valence electrons. The summed E-state index contributed by atoms with van der Waals surface area (Å²) in [6.45, 7) is 7.79. The molecule has 0 amide bonds. The topological polar surface area (TPSA) is 51.6 Å². The van der Waals surface area contributed by atoms with Crippen molar-refractivity contribution in [3.05, 3.63) is 59.0 Å². The molecule has 0 radical (unpaired) electrons. The van der Waals surface area contributed by atoms with Crippen LogP contribution in [0.15, 0.2) is 36.4 Å². The first-order chi connectivity index (χ1) is 14.0. The minimum atomic E-state index is -2.42. The molecular weight excluding hydrogens is 332 g/mol. The number of aryl methyl sites for hydroxylation is 3. The minimum Gasteiger partial charge on any atom is -0.248 e. The SMILES string of the molecule is [2H]C([2H])([2H])c1nnc(-c2cc(C(C)(C)C)c3ccccc3c2)c2nc(C)c(C)nc12. The Morgan fingerprint density at radius 2 is 1.56 bits per heavy atom. The highest BCUT2D eigenvalue weighted by Gasteiger charge is 2.20. The first-order valence-electron chi connectivity index (χ1n) is 10.5. The molecule has 2 aromatic heterocycles. The van der Waals surface area contributed by atoms with E-state index in [1.165, 1.54) is 10.9 Å². The van der Waals surface area contributed by atoms with Gasteiger partial charge in [0.15, 0.2) is 0 Å². The number of hydrogen-bond acceptors (Lipinski definition) is 4. The van der Waals surface area contributed by atoms with Crippen LogP contribution in [0.3, 0.4) is 0 Å². The maximum absolute atomic E-state index is 7.84. The van der Waals surface area contributed by atoms with E-state index in [1.54, 1.807) is 0 Å². The highest BCUT2D eigenvalue weighted by molar-refractivity contribution is 5.96. The molecule has 2 aromatic carbocycles. The minimum absolute atomic E-state index is 0.0876. The standard InChI is InChI=1S/C23H24N4/c1-13-14(2)25-22-20(24-13)15(3)26-27-21(22)17-11-16-9-7-8-10-18(16)19(12-17)23(4,5)6/h7-12H,1-6H3/i3D3. The highest BCUT2D eigenvalue weighted by atomic mass is 15.1. The summed E-state index contributed by atoms with van der Waals surface area (Å²) in [5.74, 6) is 0. The second-order valence-electron chi connectivity index (χ2n) is 7.98. The van der Waals surface area contributed by atoms with Crippen LogP contribution in [0.2, 0.25) is 0 Å². The molecule has 0 aliphatic carbocycles. The maximum Gasteiger partial charge on any atom is 0.121 e. The second kappa shape index (κ2) is 6.08. The Hall–Kier alpha value is -2.88. The predicted molar refractivity (Wildman–Crippen MR) is 111 cm³/mol. The molecule has 4 aromatic rings. The van der Waals surface area contributed by atoms with Crippen LogP contribution in [0.5, 0.6) is 0 Å². The lowest BCUT2D eigenvalue weighted by molar-refractivity contribution is 0.596. The van der Waals surface area contributed by atoms with Crippen LogP contribution in [0, 0.1) is 20.7 Å². The highest BCUT2D eigenvalue weighted by Crippen LogP contribution is 2.35. The number of rotatable bonds is 1. The van der Waals surface area contributed by atoms with Crippen molar-refractivity contribution in [3.8, 4) is 11.3 Å². The van der Waals surface area contributed by atoms with Gasteiger partial charge in [-0.15, -0.1) is 5.10 Å². The maximum atomic E-state index is 7.84. The third-order valence-corrected chi connectivity index (χ3v) is 4.95. The summed E-state index contributed by atoms with van der Waals surface area (Å²) in [5, 5.41) is 10.7. The van der Waals surface area contributed by atoms with Gasteiger partial charge in [-0.3, -0.25) is 0 Å². The normalized spacial score (nSPS) is 14.2. The first-order valence-corrected chi connectivity index (χ1v) is 9.02. The molecular formula is C23H24N4. The molecule has 27 heavy (non-hydrogen) atoms. The molecule has 0 spiro atoms. The Morgan fingerprint density at radius 3 is 2.26 bits per heavy atom. The van der Waals surface area contributed by atoms with Crippen molar-refractivity contribution in [2.75, 3.05) is 0 Å². The summed E-state index contributed by atoms with van der Waals surface area (Å²) in [6, 6.07) is 12.4. The van der Waals surface area contributed by atoms with Crippen LogP contribution in [0.4, 0.5) is 0 Å².